The number of hydrogen-bond acceptors (Lipinski definition) is 5. The quantitative estimate of drug-likeness (QED) is 0.666. The highest BCUT2D eigenvalue weighted by molar-refractivity contribution is 5.90. The molecule has 8 heteroatoms. The predicted octanol–water partition coefficient (Wildman–Crippen LogP) is -0.906. The molecule has 1 aliphatic rings. The van der Waals surface area contributed by atoms with Gasteiger partial charge in [-0.15, -0.1) is 5.10 Å². The van der Waals surface area contributed by atoms with Crippen LogP contribution in [-0.2, 0) is 7.05 Å². The summed E-state index contributed by atoms with van der Waals surface area (Å²) in [7, 11) is 1.46. The summed E-state index contributed by atoms with van der Waals surface area (Å²) in [6, 6.07) is 0. The van der Waals surface area contributed by atoms with Crippen molar-refractivity contribution < 1.29 is 15.0 Å². The molecular formula is C13H22N4O4. The maximum Gasteiger partial charge on any atom is 0.343 e. The summed E-state index contributed by atoms with van der Waals surface area (Å²) < 4.78 is 1.06. The SMILES string of the molecule is CCC[C@]1(CO)CCN(C(=O)c2nn(C)c(=O)[nH]2)C[C@H]1O. The van der Waals surface area contributed by atoms with Crippen molar-refractivity contribution in [3.05, 3.63) is 16.3 Å². The molecule has 0 bridgehead atoms. The Bertz CT molecular complexity index is 567. The van der Waals surface area contributed by atoms with Gasteiger partial charge >= 0.3 is 5.69 Å². The average molecular weight is 298 g/mol. The molecule has 0 radical (unpaired) electrons. The zero-order valence-electron chi connectivity index (χ0n) is 12.4. The molecule has 1 fully saturated rings. The topological polar surface area (TPSA) is 111 Å². The molecule has 0 aromatic carbocycles. The maximum absolute atomic E-state index is 12.3. The van der Waals surface area contributed by atoms with Crippen LogP contribution in [0.4, 0.5) is 0 Å². The van der Waals surface area contributed by atoms with E-state index in [1.165, 1.54) is 11.9 Å². The van der Waals surface area contributed by atoms with Gasteiger partial charge in [0.1, 0.15) is 0 Å². The van der Waals surface area contributed by atoms with Crippen LogP contribution >= 0.6 is 0 Å². The highest BCUT2D eigenvalue weighted by atomic mass is 16.3. The Morgan fingerprint density at radius 3 is 2.76 bits per heavy atom. The van der Waals surface area contributed by atoms with Crippen molar-refractivity contribution in [2.45, 2.75) is 32.3 Å². The van der Waals surface area contributed by atoms with Crippen LogP contribution in [0.5, 0.6) is 0 Å². The number of aromatic nitrogens is 3. The number of nitrogens with one attached hydrogen (secondary N) is 1. The highest BCUT2D eigenvalue weighted by Gasteiger charge is 2.42. The van der Waals surface area contributed by atoms with Crippen LogP contribution in [0.25, 0.3) is 0 Å². The minimum atomic E-state index is -0.782. The summed E-state index contributed by atoms with van der Waals surface area (Å²) in [5.41, 5.74) is -0.991. The van der Waals surface area contributed by atoms with Gasteiger partial charge in [-0.2, -0.15) is 0 Å². The van der Waals surface area contributed by atoms with Crippen molar-refractivity contribution in [1.29, 1.82) is 0 Å². The van der Waals surface area contributed by atoms with E-state index in [1.807, 2.05) is 6.92 Å². The first-order chi connectivity index (χ1) is 9.93. The van der Waals surface area contributed by atoms with E-state index < -0.39 is 23.1 Å². The van der Waals surface area contributed by atoms with Crippen molar-refractivity contribution in [1.82, 2.24) is 19.7 Å². The minimum Gasteiger partial charge on any atom is -0.396 e. The van der Waals surface area contributed by atoms with E-state index in [0.29, 0.717) is 19.4 Å². The second-order valence-corrected chi connectivity index (χ2v) is 5.69. The molecule has 118 valence electrons. The lowest BCUT2D eigenvalue weighted by molar-refractivity contribution is -0.0715. The fourth-order valence-electron chi connectivity index (χ4n) is 2.90. The molecule has 2 rings (SSSR count). The number of likely N-dealkylation sites (tertiary alicyclic amines) is 1. The summed E-state index contributed by atoms with van der Waals surface area (Å²) in [6.07, 6.45) is 1.32. The minimum absolute atomic E-state index is 0.0262. The van der Waals surface area contributed by atoms with E-state index in [2.05, 4.69) is 10.1 Å². The maximum atomic E-state index is 12.3. The Morgan fingerprint density at radius 2 is 2.29 bits per heavy atom. The van der Waals surface area contributed by atoms with E-state index >= 15 is 0 Å². The number of aliphatic hydroxyl groups is 2. The lowest BCUT2D eigenvalue weighted by atomic mass is 9.73. The van der Waals surface area contributed by atoms with Crippen molar-refractivity contribution >= 4 is 5.91 Å². The normalized spacial score (nSPS) is 26.1. The van der Waals surface area contributed by atoms with Crippen LogP contribution in [0.15, 0.2) is 4.79 Å². The molecule has 21 heavy (non-hydrogen) atoms. The molecule has 0 spiro atoms. The number of carbonyl (C=O) groups excluding carboxylic acids is 1. The van der Waals surface area contributed by atoms with Gasteiger partial charge in [-0.05, 0) is 12.8 Å². The smallest absolute Gasteiger partial charge is 0.343 e. The Kier molecular flexibility index (Phi) is 4.48. The molecule has 1 aromatic rings. The number of piperidine rings is 1. The van der Waals surface area contributed by atoms with Crippen LogP contribution in [-0.4, -0.2) is 61.6 Å². The first-order valence-electron chi connectivity index (χ1n) is 7.15. The van der Waals surface area contributed by atoms with Gasteiger partial charge in [0.25, 0.3) is 5.91 Å². The van der Waals surface area contributed by atoms with Crippen molar-refractivity contribution in [2.24, 2.45) is 12.5 Å². The van der Waals surface area contributed by atoms with Gasteiger partial charge in [-0.25, -0.2) is 9.48 Å². The van der Waals surface area contributed by atoms with Gasteiger partial charge < -0.3 is 15.1 Å². The number of H-pyrrole nitrogens is 1. The van der Waals surface area contributed by atoms with Crippen LogP contribution in [0.2, 0.25) is 0 Å². The molecule has 2 atom stereocenters. The standard InChI is InChI=1S/C13H22N4O4/c1-3-4-13(8-18)5-6-17(7-9(13)19)11(20)10-14-12(21)16(2)15-10/h9,18-19H,3-8H2,1-2H3,(H,14,15,21)/t9-,13-/m1/s1. The molecule has 1 saturated heterocycles. The summed E-state index contributed by atoms with van der Waals surface area (Å²) in [6.45, 7) is 2.47. The number of aromatic amines is 1. The van der Waals surface area contributed by atoms with Gasteiger partial charge in [0.2, 0.25) is 5.82 Å². The molecule has 0 saturated carbocycles. The van der Waals surface area contributed by atoms with Gasteiger partial charge in [0.05, 0.1) is 12.7 Å². The van der Waals surface area contributed by atoms with Gasteiger partial charge in [-0.3, -0.25) is 9.78 Å². The average Bonchev–Trinajstić information content (AvgIpc) is 2.80. The number of β-amino-alcohol motifs (C(OH)–C–C–N with tert-alkyl or cyclic N) is 1. The third-order valence-corrected chi connectivity index (χ3v) is 4.30. The Morgan fingerprint density at radius 1 is 1.57 bits per heavy atom. The number of nitrogens with zero attached hydrogens (tertiary/aromatic N) is 3. The van der Waals surface area contributed by atoms with Gasteiger partial charge in [0, 0.05) is 25.6 Å². The summed E-state index contributed by atoms with van der Waals surface area (Å²) in [5, 5.41) is 23.8. The number of hydrogen-bond donors (Lipinski definition) is 3. The molecule has 3 N–H and O–H groups in total. The largest absolute Gasteiger partial charge is 0.396 e. The van der Waals surface area contributed by atoms with Crippen LogP contribution in [0.3, 0.4) is 0 Å². The molecule has 1 aromatic heterocycles. The number of amides is 1. The lowest BCUT2D eigenvalue weighted by Gasteiger charge is -2.44. The fraction of sp³-hybridized carbons (Fsp3) is 0.769. The number of carbonyl (C=O) groups is 1. The van der Waals surface area contributed by atoms with Crippen molar-refractivity contribution in [3.8, 4) is 0 Å². The van der Waals surface area contributed by atoms with Crippen molar-refractivity contribution in [2.75, 3.05) is 19.7 Å². The highest BCUT2D eigenvalue weighted by Crippen LogP contribution is 2.36. The first kappa shape index (κ1) is 15.7. The Hall–Kier alpha value is -1.67. The monoisotopic (exact) mass is 298 g/mol. The Balaban J connectivity index is 2.11. The molecule has 1 aliphatic heterocycles. The first-order valence-corrected chi connectivity index (χ1v) is 7.15. The zero-order chi connectivity index (χ0) is 15.6. The predicted molar refractivity (Wildman–Crippen MR) is 74.8 cm³/mol. The number of rotatable bonds is 4. The van der Waals surface area contributed by atoms with E-state index in [-0.39, 0.29) is 19.0 Å². The van der Waals surface area contributed by atoms with E-state index in [0.717, 1.165) is 11.1 Å². The van der Waals surface area contributed by atoms with E-state index in [9.17, 15) is 19.8 Å². The second-order valence-electron chi connectivity index (χ2n) is 5.69. The summed E-state index contributed by atoms with van der Waals surface area (Å²) >= 11 is 0. The molecule has 0 aliphatic carbocycles. The van der Waals surface area contributed by atoms with Gasteiger partial charge in [-0.1, -0.05) is 13.3 Å². The second kappa shape index (κ2) is 5.98. The molecule has 8 nitrogen and oxygen atoms in total. The summed E-state index contributed by atoms with van der Waals surface area (Å²) in [4.78, 5) is 27.4. The zero-order valence-corrected chi connectivity index (χ0v) is 12.4. The number of aryl methyl sites for hydroxylation is 1. The van der Waals surface area contributed by atoms with Crippen LogP contribution in [0.1, 0.15) is 36.8 Å². The van der Waals surface area contributed by atoms with Crippen molar-refractivity contribution in [3.63, 3.8) is 0 Å². The van der Waals surface area contributed by atoms with E-state index in [4.69, 9.17) is 0 Å². The van der Waals surface area contributed by atoms with Gasteiger partial charge in [0.15, 0.2) is 0 Å². The third kappa shape index (κ3) is 2.86. The third-order valence-electron chi connectivity index (χ3n) is 4.30. The van der Waals surface area contributed by atoms with Crippen LogP contribution in [0, 0.1) is 5.41 Å². The van der Waals surface area contributed by atoms with Crippen LogP contribution < -0.4 is 5.69 Å². The molecular weight excluding hydrogens is 276 g/mol. The Labute approximate surface area is 122 Å². The molecule has 2 heterocycles. The van der Waals surface area contributed by atoms with E-state index in [1.54, 1.807) is 0 Å². The fourth-order valence-corrected chi connectivity index (χ4v) is 2.90. The molecule has 0 unspecified atom stereocenters. The lowest BCUT2D eigenvalue weighted by Crippen LogP contribution is -2.54. The number of aliphatic hydroxyl groups excluding tert-OH is 2. The summed E-state index contributed by atoms with van der Waals surface area (Å²) in [5.74, 6) is -0.434. The molecule has 1 amide bonds.